The van der Waals surface area contributed by atoms with Gasteiger partial charge in [-0.25, -0.2) is 4.79 Å². The fourth-order valence-electron chi connectivity index (χ4n) is 2.30. The minimum Gasteiger partial charge on any atom is -0.392 e. The third kappa shape index (κ3) is 4.66. The van der Waals surface area contributed by atoms with Crippen LogP contribution < -0.4 is 5.32 Å². The molecule has 2 amide bonds. The summed E-state index contributed by atoms with van der Waals surface area (Å²) in [6.45, 7) is 2.31. The van der Waals surface area contributed by atoms with Gasteiger partial charge in [-0.05, 0) is 19.8 Å². The minimum atomic E-state index is -0.506. The van der Waals surface area contributed by atoms with Crippen LogP contribution in [0.1, 0.15) is 39.0 Å². The van der Waals surface area contributed by atoms with E-state index in [1.807, 2.05) is 0 Å². The zero-order chi connectivity index (χ0) is 12.7. The van der Waals surface area contributed by atoms with Crippen molar-refractivity contribution in [3.8, 4) is 12.3 Å². The Bertz CT molecular complexity index is 278. The highest BCUT2D eigenvalue weighted by Gasteiger charge is 2.25. The van der Waals surface area contributed by atoms with Crippen molar-refractivity contribution in [1.82, 2.24) is 10.2 Å². The van der Waals surface area contributed by atoms with Gasteiger partial charge >= 0.3 is 6.03 Å². The first-order valence-corrected chi connectivity index (χ1v) is 6.31. The summed E-state index contributed by atoms with van der Waals surface area (Å²) in [6.07, 6.45) is 10.2. The Morgan fingerprint density at radius 1 is 1.53 bits per heavy atom. The van der Waals surface area contributed by atoms with Crippen LogP contribution in [0.5, 0.6) is 0 Å². The number of amides is 2. The molecule has 4 heteroatoms. The number of nitrogens with zero attached hydrogens (tertiary/aromatic N) is 1. The summed E-state index contributed by atoms with van der Waals surface area (Å²) >= 11 is 0. The second-order valence-corrected chi connectivity index (χ2v) is 4.66. The summed E-state index contributed by atoms with van der Waals surface area (Å²) in [7, 11) is 0. The average molecular weight is 238 g/mol. The van der Waals surface area contributed by atoms with Crippen LogP contribution in [-0.2, 0) is 0 Å². The van der Waals surface area contributed by atoms with E-state index in [0.29, 0.717) is 6.54 Å². The maximum absolute atomic E-state index is 11.9. The molecule has 17 heavy (non-hydrogen) atoms. The fraction of sp³-hybridized carbons (Fsp3) is 0.769. The van der Waals surface area contributed by atoms with Gasteiger partial charge in [0, 0.05) is 12.6 Å². The number of terminal acetylenes is 1. The van der Waals surface area contributed by atoms with Crippen LogP contribution in [-0.4, -0.2) is 41.3 Å². The van der Waals surface area contributed by atoms with Gasteiger partial charge in [-0.2, -0.15) is 0 Å². The first-order valence-electron chi connectivity index (χ1n) is 6.31. The lowest BCUT2D eigenvalue weighted by Gasteiger charge is -2.35. The van der Waals surface area contributed by atoms with Gasteiger partial charge in [0.2, 0.25) is 0 Å². The molecule has 0 aromatic carbocycles. The zero-order valence-electron chi connectivity index (χ0n) is 10.5. The van der Waals surface area contributed by atoms with Gasteiger partial charge in [0.15, 0.2) is 0 Å². The quantitative estimate of drug-likeness (QED) is 0.726. The molecule has 1 saturated carbocycles. The molecule has 1 fully saturated rings. The van der Waals surface area contributed by atoms with Gasteiger partial charge in [-0.1, -0.05) is 25.2 Å². The zero-order valence-corrected chi connectivity index (χ0v) is 10.5. The summed E-state index contributed by atoms with van der Waals surface area (Å²) < 4.78 is 0. The van der Waals surface area contributed by atoms with Crippen molar-refractivity contribution in [3.05, 3.63) is 0 Å². The van der Waals surface area contributed by atoms with Crippen molar-refractivity contribution in [2.75, 3.05) is 13.1 Å². The SMILES string of the molecule is C#CCNC(=O)N(CC(C)O)C1CCCCC1. The van der Waals surface area contributed by atoms with Crippen LogP contribution in [0, 0.1) is 12.3 Å². The fourth-order valence-corrected chi connectivity index (χ4v) is 2.30. The number of carbonyl (C=O) groups excluding carboxylic acids is 1. The van der Waals surface area contributed by atoms with E-state index >= 15 is 0 Å². The Morgan fingerprint density at radius 3 is 2.71 bits per heavy atom. The molecule has 0 radical (unpaired) electrons. The van der Waals surface area contributed by atoms with Crippen LogP contribution in [0.15, 0.2) is 0 Å². The maximum atomic E-state index is 11.9. The molecule has 0 aromatic heterocycles. The van der Waals surface area contributed by atoms with Crippen molar-refractivity contribution >= 4 is 6.03 Å². The van der Waals surface area contributed by atoms with Gasteiger partial charge < -0.3 is 15.3 Å². The molecule has 1 atom stereocenters. The van der Waals surface area contributed by atoms with Gasteiger partial charge in [0.1, 0.15) is 0 Å². The number of nitrogens with one attached hydrogen (secondary N) is 1. The van der Waals surface area contributed by atoms with Crippen molar-refractivity contribution in [2.24, 2.45) is 0 Å². The Balaban J connectivity index is 2.58. The van der Waals surface area contributed by atoms with E-state index in [9.17, 15) is 9.90 Å². The molecule has 2 N–H and O–H groups in total. The first kappa shape index (κ1) is 13.9. The molecular weight excluding hydrogens is 216 g/mol. The predicted molar refractivity (Wildman–Crippen MR) is 67.5 cm³/mol. The lowest BCUT2D eigenvalue weighted by Crippen LogP contribution is -2.49. The van der Waals surface area contributed by atoms with E-state index in [2.05, 4.69) is 11.2 Å². The van der Waals surface area contributed by atoms with E-state index in [1.165, 1.54) is 6.42 Å². The normalized spacial score (nSPS) is 18.2. The Labute approximate surface area is 103 Å². The Morgan fingerprint density at radius 2 is 2.18 bits per heavy atom. The second-order valence-electron chi connectivity index (χ2n) is 4.66. The molecule has 0 heterocycles. The van der Waals surface area contributed by atoms with Crippen LogP contribution in [0.25, 0.3) is 0 Å². The van der Waals surface area contributed by atoms with Crippen LogP contribution >= 0.6 is 0 Å². The summed E-state index contributed by atoms with van der Waals surface area (Å²) in [5.41, 5.74) is 0. The van der Waals surface area contributed by atoms with E-state index in [4.69, 9.17) is 6.42 Å². The number of carbonyl (C=O) groups is 1. The third-order valence-electron chi connectivity index (χ3n) is 3.08. The number of urea groups is 1. The smallest absolute Gasteiger partial charge is 0.318 e. The number of hydrogen-bond donors (Lipinski definition) is 2. The standard InChI is InChI=1S/C13H22N2O2/c1-3-9-14-13(17)15(10-11(2)16)12-7-5-4-6-8-12/h1,11-12,16H,4-10H2,2H3,(H,14,17). The molecular formula is C13H22N2O2. The number of rotatable bonds is 4. The molecule has 1 unspecified atom stereocenters. The summed E-state index contributed by atoms with van der Waals surface area (Å²) in [5.74, 6) is 2.39. The monoisotopic (exact) mass is 238 g/mol. The molecule has 1 rings (SSSR count). The summed E-state index contributed by atoms with van der Waals surface area (Å²) in [6, 6.07) is 0.0897. The van der Waals surface area contributed by atoms with Gasteiger partial charge in [0.25, 0.3) is 0 Å². The van der Waals surface area contributed by atoms with E-state index in [1.54, 1.807) is 11.8 Å². The van der Waals surface area contributed by atoms with Crippen LogP contribution in [0.2, 0.25) is 0 Å². The van der Waals surface area contributed by atoms with Gasteiger partial charge in [-0.3, -0.25) is 0 Å². The summed E-state index contributed by atoms with van der Waals surface area (Å²) in [4.78, 5) is 13.7. The van der Waals surface area contributed by atoms with Crippen LogP contribution in [0.3, 0.4) is 0 Å². The molecule has 0 bridgehead atoms. The van der Waals surface area contributed by atoms with Crippen molar-refractivity contribution < 1.29 is 9.90 Å². The van der Waals surface area contributed by atoms with E-state index in [-0.39, 0.29) is 18.6 Å². The highest BCUT2D eigenvalue weighted by molar-refractivity contribution is 5.74. The second kappa shape index (κ2) is 7.18. The molecule has 0 aliphatic heterocycles. The van der Waals surface area contributed by atoms with Crippen molar-refractivity contribution in [1.29, 1.82) is 0 Å². The van der Waals surface area contributed by atoms with E-state index < -0.39 is 6.10 Å². The first-order chi connectivity index (χ1) is 8.15. The van der Waals surface area contributed by atoms with Crippen LogP contribution in [0.4, 0.5) is 4.79 Å². The largest absolute Gasteiger partial charge is 0.392 e. The molecule has 1 aliphatic carbocycles. The van der Waals surface area contributed by atoms with Gasteiger partial charge in [-0.15, -0.1) is 6.42 Å². The number of hydrogen-bond acceptors (Lipinski definition) is 2. The molecule has 4 nitrogen and oxygen atoms in total. The predicted octanol–water partition coefficient (Wildman–Crippen LogP) is 1.34. The average Bonchev–Trinajstić information content (AvgIpc) is 2.34. The Kier molecular flexibility index (Phi) is 5.85. The highest BCUT2D eigenvalue weighted by Crippen LogP contribution is 2.22. The van der Waals surface area contributed by atoms with Crippen molar-refractivity contribution in [2.45, 2.75) is 51.2 Å². The molecule has 1 aliphatic rings. The Hall–Kier alpha value is -1.21. The third-order valence-corrected chi connectivity index (χ3v) is 3.08. The van der Waals surface area contributed by atoms with Crippen molar-refractivity contribution in [3.63, 3.8) is 0 Å². The lowest BCUT2D eigenvalue weighted by atomic mass is 9.94. The van der Waals surface area contributed by atoms with E-state index in [0.717, 1.165) is 25.7 Å². The number of aliphatic hydroxyl groups is 1. The van der Waals surface area contributed by atoms with Gasteiger partial charge in [0.05, 0.1) is 12.6 Å². The number of aliphatic hydroxyl groups excluding tert-OH is 1. The highest BCUT2D eigenvalue weighted by atomic mass is 16.3. The minimum absolute atomic E-state index is 0.157. The lowest BCUT2D eigenvalue weighted by molar-refractivity contribution is 0.0998. The molecule has 0 saturated heterocycles. The maximum Gasteiger partial charge on any atom is 0.318 e. The molecule has 96 valence electrons. The molecule has 0 aromatic rings. The topological polar surface area (TPSA) is 52.6 Å². The molecule has 0 spiro atoms. The summed E-state index contributed by atoms with van der Waals surface area (Å²) in [5, 5.41) is 12.1.